The van der Waals surface area contributed by atoms with Gasteiger partial charge in [-0.2, -0.15) is 0 Å². The second-order valence-corrected chi connectivity index (χ2v) is 5.80. The average molecular weight is 335 g/mol. The van der Waals surface area contributed by atoms with Crippen LogP contribution in [0.15, 0.2) is 18.2 Å². The largest absolute Gasteiger partial charge is 0.483 e. The first-order valence-corrected chi connectivity index (χ1v) is 8.62. The highest BCUT2D eigenvalue weighted by atomic mass is 16.5. The van der Waals surface area contributed by atoms with Crippen LogP contribution in [-0.4, -0.2) is 43.1 Å². The highest BCUT2D eigenvalue weighted by Gasteiger charge is 2.16. The fraction of sp³-hybridized carbons (Fsp3) is 0.579. The summed E-state index contributed by atoms with van der Waals surface area (Å²) >= 11 is 0. The van der Waals surface area contributed by atoms with Crippen molar-refractivity contribution in [2.45, 2.75) is 47.0 Å². The van der Waals surface area contributed by atoms with Crippen LogP contribution in [0.3, 0.4) is 0 Å². The Morgan fingerprint density at radius 1 is 1.08 bits per heavy atom. The molecule has 0 spiro atoms. The van der Waals surface area contributed by atoms with Gasteiger partial charge in [-0.1, -0.05) is 31.5 Å². The van der Waals surface area contributed by atoms with E-state index >= 15 is 0 Å². The van der Waals surface area contributed by atoms with Gasteiger partial charge in [-0.3, -0.25) is 9.59 Å². The molecule has 0 atom stereocenters. The van der Waals surface area contributed by atoms with Gasteiger partial charge in [-0.25, -0.2) is 0 Å². The number of amides is 1. The van der Waals surface area contributed by atoms with Crippen LogP contribution >= 0.6 is 0 Å². The first kappa shape index (κ1) is 20.0. The lowest BCUT2D eigenvalue weighted by atomic mass is 10.1. The number of unbranched alkanes of at least 4 members (excludes halogenated alkanes) is 1. The zero-order valence-corrected chi connectivity index (χ0v) is 15.3. The average Bonchev–Trinajstić information content (AvgIpc) is 2.54. The van der Waals surface area contributed by atoms with Gasteiger partial charge in [0.05, 0.1) is 13.0 Å². The molecule has 0 fully saturated rings. The molecule has 0 bridgehead atoms. The maximum Gasteiger partial charge on any atom is 0.307 e. The maximum atomic E-state index is 12.5. The second-order valence-electron chi connectivity index (χ2n) is 5.80. The minimum Gasteiger partial charge on any atom is -0.483 e. The summed E-state index contributed by atoms with van der Waals surface area (Å²) in [6.07, 6.45) is 2.10. The lowest BCUT2D eigenvalue weighted by Gasteiger charge is -2.23. The topological polar surface area (TPSA) is 55.8 Å². The molecule has 0 saturated heterocycles. The summed E-state index contributed by atoms with van der Waals surface area (Å²) < 4.78 is 10.7. The van der Waals surface area contributed by atoms with Gasteiger partial charge in [0, 0.05) is 13.1 Å². The smallest absolute Gasteiger partial charge is 0.307 e. The SMILES string of the molecule is CCCCN(CCC(=O)OCC)C(=O)COc1c(C)cccc1C. The summed E-state index contributed by atoms with van der Waals surface area (Å²) in [6, 6.07) is 5.89. The van der Waals surface area contributed by atoms with Crippen molar-refractivity contribution in [1.82, 2.24) is 4.90 Å². The predicted octanol–water partition coefficient (Wildman–Crippen LogP) is 3.26. The van der Waals surface area contributed by atoms with Crippen LogP contribution in [0.4, 0.5) is 0 Å². The van der Waals surface area contributed by atoms with Crippen molar-refractivity contribution in [3.05, 3.63) is 29.3 Å². The summed E-state index contributed by atoms with van der Waals surface area (Å²) in [5.41, 5.74) is 2.02. The number of nitrogens with zero attached hydrogens (tertiary/aromatic N) is 1. The van der Waals surface area contributed by atoms with E-state index < -0.39 is 0 Å². The van der Waals surface area contributed by atoms with E-state index in [1.54, 1.807) is 11.8 Å². The molecular weight excluding hydrogens is 306 g/mol. The van der Waals surface area contributed by atoms with E-state index in [9.17, 15) is 9.59 Å². The molecule has 0 aliphatic carbocycles. The third-order valence-corrected chi connectivity index (χ3v) is 3.77. The maximum absolute atomic E-state index is 12.5. The number of hydrogen-bond donors (Lipinski definition) is 0. The first-order valence-electron chi connectivity index (χ1n) is 8.62. The van der Waals surface area contributed by atoms with Crippen LogP contribution in [0.25, 0.3) is 0 Å². The Hall–Kier alpha value is -2.04. The third kappa shape index (κ3) is 6.60. The standard InChI is InChI=1S/C19H29NO4/c1-5-7-12-20(13-11-18(22)23-6-2)17(21)14-24-19-15(3)9-8-10-16(19)4/h8-10H,5-7,11-14H2,1-4H3. The number of esters is 1. The normalized spacial score (nSPS) is 10.3. The number of hydrogen-bond acceptors (Lipinski definition) is 4. The fourth-order valence-corrected chi connectivity index (χ4v) is 2.42. The summed E-state index contributed by atoms with van der Waals surface area (Å²) in [4.78, 5) is 25.7. The van der Waals surface area contributed by atoms with Crippen molar-refractivity contribution < 1.29 is 19.1 Å². The van der Waals surface area contributed by atoms with Crippen molar-refractivity contribution in [2.75, 3.05) is 26.3 Å². The molecule has 0 radical (unpaired) electrons. The second kappa shape index (κ2) is 10.7. The first-order chi connectivity index (χ1) is 11.5. The van der Waals surface area contributed by atoms with E-state index in [0.717, 1.165) is 29.7 Å². The quantitative estimate of drug-likeness (QED) is 0.616. The molecule has 1 aromatic rings. The van der Waals surface area contributed by atoms with E-state index in [0.29, 0.717) is 19.7 Å². The minimum atomic E-state index is -0.275. The van der Waals surface area contributed by atoms with Crippen LogP contribution in [-0.2, 0) is 14.3 Å². The summed E-state index contributed by atoms with van der Waals surface area (Å²) in [6.45, 7) is 9.11. The van der Waals surface area contributed by atoms with Gasteiger partial charge in [0.1, 0.15) is 5.75 Å². The molecule has 0 heterocycles. The van der Waals surface area contributed by atoms with Crippen LogP contribution < -0.4 is 4.74 Å². The van der Waals surface area contributed by atoms with E-state index in [2.05, 4.69) is 6.92 Å². The molecule has 0 aromatic heterocycles. The number of aryl methyl sites for hydroxylation is 2. The van der Waals surface area contributed by atoms with Gasteiger partial charge in [0.2, 0.25) is 0 Å². The molecule has 5 nitrogen and oxygen atoms in total. The fourth-order valence-electron chi connectivity index (χ4n) is 2.42. The van der Waals surface area contributed by atoms with Crippen LogP contribution in [0.1, 0.15) is 44.2 Å². The Bertz CT molecular complexity index is 522. The van der Waals surface area contributed by atoms with Gasteiger partial charge in [-0.05, 0) is 38.3 Å². The van der Waals surface area contributed by atoms with Gasteiger partial charge in [0.15, 0.2) is 6.61 Å². The van der Waals surface area contributed by atoms with Crippen molar-refractivity contribution in [2.24, 2.45) is 0 Å². The van der Waals surface area contributed by atoms with Crippen molar-refractivity contribution in [1.29, 1.82) is 0 Å². The third-order valence-electron chi connectivity index (χ3n) is 3.77. The molecule has 24 heavy (non-hydrogen) atoms. The molecule has 0 aliphatic heterocycles. The molecule has 0 N–H and O–H groups in total. The number of benzene rings is 1. The van der Waals surface area contributed by atoms with Gasteiger partial charge >= 0.3 is 5.97 Å². The summed E-state index contributed by atoms with van der Waals surface area (Å²) in [7, 11) is 0. The van der Waals surface area contributed by atoms with Crippen LogP contribution in [0, 0.1) is 13.8 Å². The summed E-state index contributed by atoms with van der Waals surface area (Å²) in [5.74, 6) is 0.379. The van der Waals surface area contributed by atoms with E-state index in [-0.39, 0.29) is 24.9 Å². The molecule has 1 rings (SSSR count). The van der Waals surface area contributed by atoms with Crippen LogP contribution in [0.2, 0.25) is 0 Å². The molecule has 5 heteroatoms. The Labute approximate surface area is 144 Å². The van der Waals surface area contributed by atoms with Gasteiger partial charge < -0.3 is 14.4 Å². The van der Waals surface area contributed by atoms with Crippen molar-refractivity contribution in [3.63, 3.8) is 0 Å². The minimum absolute atomic E-state index is 0.0156. The Balaban J connectivity index is 2.61. The van der Waals surface area contributed by atoms with E-state index in [4.69, 9.17) is 9.47 Å². The van der Waals surface area contributed by atoms with Crippen LogP contribution in [0.5, 0.6) is 5.75 Å². The molecule has 134 valence electrons. The van der Waals surface area contributed by atoms with E-state index in [1.807, 2.05) is 32.0 Å². The van der Waals surface area contributed by atoms with Crippen molar-refractivity contribution in [3.8, 4) is 5.75 Å². The number of rotatable bonds is 10. The predicted molar refractivity (Wildman–Crippen MR) is 94.1 cm³/mol. The molecule has 0 aliphatic rings. The number of carbonyl (C=O) groups excluding carboxylic acids is 2. The Morgan fingerprint density at radius 3 is 2.33 bits per heavy atom. The lowest BCUT2D eigenvalue weighted by molar-refractivity contribution is -0.144. The van der Waals surface area contributed by atoms with Crippen molar-refractivity contribution >= 4 is 11.9 Å². The van der Waals surface area contributed by atoms with Gasteiger partial charge in [-0.15, -0.1) is 0 Å². The molecule has 0 unspecified atom stereocenters. The highest BCUT2D eigenvalue weighted by molar-refractivity contribution is 5.78. The zero-order chi connectivity index (χ0) is 17.9. The Kier molecular flexibility index (Phi) is 8.90. The Morgan fingerprint density at radius 2 is 1.75 bits per heavy atom. The van der Waals surface area contributed by atoms with E-state index in [1.165, 1.54) is 0 Å². The molecule has 1 aromatic carbocycles. The summed E-state index contributed by atoms with van der Waals surface area (Å²) in [5, 5.41) is 0. The molecule has 1 amide bonds. The number of ether oxygens (including phenoxy) is 2. The monoisotopic (exact) mass is 335 g/mol. The zero-order valence-electron chi connectivity index (χ0n) is 15.3. The number of carbonyl (C=O) groups is 2. The number of para-hydroxylation sites is 1. The van der Waals surface area contributed by atoms with Gasteiger partial charge in [0.25, 0.3) is 5.91 Å². The molecular formula is C19H29NO4. The molecule has 0 saturated carbocycles. The lowest BCUT2D eigenvalue weighted by Crippen LogP contribution is -2.37. The highest BCUT2D eigenvalue weighted by Crippen LogP contribution is 2.22.